The molecule has 2 N–H and O–H groups in total. The van der Waals surface area contributed by atoms with Crippen molar-refractivity contribution in [3.05, 3.63) is 36.2 Å². The Morgan fingerprint density at radius 2 is 1.95 bits per heavy atom. The van der Waals surface area contributed by atoms with Crippen molar-refractivity contribution in [1.82, 2.24) is 9.97 Å². The van der Waals surface area contributed by atoms with Crippen LogP contribution in [0, 0.1) is 0 Å². The van der Waals surface area contributed by atoms with Gasteiger partial charge >= 0.3 is 0 Å². The second-order valence-electron chi connectivity index (χ2n) is 4.27. The molecule has 0 aliphatic rings. The summed E-state index contributed by atoms with van der Waals surface area (Å²) in [6.07, 6.45) is 2.06. The fourth-order valence-corrected chi connectivity index (χ4v) is 2.39. The largest absolute Gasteiger partial charge is 0.374 e. The predicted molar refractivity (Wildman–Crippen MR) is 88.4 cm³/mol. The third kappa shape index (κ3) is 4.34. The summed E-state index contributed by atoms with van der Waals surface area (Å²) < 4.78 is 5.38. The number of thioether (sulfide) groups is 1. The molecule has 0 unspecified atom stereocenters. The number of nitrogens with one attached hydrogen (secondary N) is 2. The van der Waals surface area contributed by atoms with Crippen LogP contribution in [0.25, 0.3) is 0 Å². The SMILES string of the molecule is CCOCc1nc(NC)cc(Nc2ccccc2SC)n1. The van der Waals surface area contributed by atoms with Gasteiger partial charge < -0.3 is 15.4 Å². The Morgan fingerprint density at radius 3 is 2.67 bits per heavy atom. The lowest BCUT2D eigenvalue weighted by atomic mass is 10.3. The second kappa shape index (κ2) is 7.85. The number of hydrogen-bond acceptors (Lipinski definition) is 6. The number of hydrogen-bond donors (Lipinski definition) is 2. The summed E-state index contributed by atoms with van der Waals surface area (Å²) in [6.45, 7) is 3.01. The molecule has 0 bridgehead atoms. The highest BCUT2D eigenvalue weighted by molar-refractivity contribution is 7.98. The predicted octanol–water partition coefficient (Wildman–Crippen LogP) is 3.52. The highest BCUT2D eigenvalue weighted by Gasteiger charge is 2.06. The molecule has 2 rings (SSSR count). The number of benzene rings is 1. The van der Waals surface area contributed by atoms with E-state index in [2.05, 4.69) is 32.9 Å². The van der Waals surface area contributed by atoms with Crippen molar-refractivity contribution in [2.24, 2.45) is 0 Å². The molecular formula is C15H20N4OS. The highest BCUT2D eigenvalue weighted by atomic mass is 32.2. The molecule has 0 saturated carbocycles. The molecule has 6 heteroatoms. The molecule has 1 aromatic carbocycles. The normalized spacial score (nSPS) is 10.4. The molecule has 2 aromatic rings. The molecule has 0 aliphatic carbocycles. The van der Waals surface area contributed by atoms with Crippen molar-refractivity contribution in [3.63, 3.8) is 0 Å². The van der Waals surface area contributed by atoms with Crippen LogP contribution in [0.5, 0.6) is 0 Å². The van der Waals surface area contributed by atoms with E-state index in [9.17, 15) is 0 Å². The summed E-state index contributed by atoms with van der Waals surface area (Å²) in [5.74, 6) is 2.18. The minimum atomic E-state index is 0.408. The molecule has 0 atom stereocenters. The monoisotopic (exact) mass is 304 g/mol. The van der Waals surface area contributed by atoms with Crippen molar-refractivity contribution < 1.29 is 4.74 Å². The number of aromatic nitrogens is 2. The maximum Gasteiger partial charge on any atom is 0.158 e. The molecule has 21 heavy (non-hydrogen) atoms. The lowest BCUT2D eigenvalue weighted by Gasteiger charge is -2.12. The van der Waals surface area contributed by atoms with E-state index in [1.165, 1.54) is 4.90 Å². The first-order chi connectivity index (χ1) is 10.3. The van der Waals surface area contributed by atoms with Gasteiger partial charge in [0, 0.05) is 24.6 Å². The molecule has 112 valence electrons. The fraction of sp³-hybridized carbons (Fsp3) is 0.333. The number of nitrogens with zero attached hydrogens (tertiary/aromatic N) is 2. The lowest BCUT2D eigenvalue weighted by molar-refractivity contribution is 0.128. The summed E-state index contributed by atoms with van der Waals surface area (Å²) >= 11 is 1.70. The minimum Gasteiger partial charge on any atom is -0.374 e. The van der Waals surface area contributed by atoms with Crippen LogP contribution in [-0.2, 0) is 11.3 Å². The maximum atomic E-state index is 5.38. The van der Waals surface area contributed by atoms with Crippen molar-refractivity contribution >= 4 is 29.1 Å². The van der Waals surface area contributed by atoms with Gasteiger partial charge in [-0.25, -0.2) is 9.97 Å². The van der Waals surface area contributed by atoms with E-state index in [0.29, 0.717) is 19.0 Å². The summed E-state index contributed by atoms with van der Waals surface area (Å²) in [6, 6.07) is 10.0. The van der Waals surface area contributed by atoms with Gasteiger partial charge in [-0.05, 0) is 25.3 Å². The maximum absolute atomic E-state index is 5.38. The number of anilines is 3. The van der Waals surface area contributed by atoms with Gasteiger partial charge in [0.15, 0.2) is 5.82 Å². The fourth-order valence-electron chi connectivity index (χ4n) is 1.83. The Kier molecular flexibility index (Phi) is 5.83. The molecule has 1 heterocycles. The van der Waals surface area contributed by atoms with Crippen LogP contribution < -0.4 is 10.6 Å². The Balaban J connectivity index is 2.25. The van der Waals surface area contributed by atoms with Crippen molar-refractivity contribution in [2.75, 3.05) is 30.5 Å². The van der Waals surface area contributed by atoms with Gasteiger partial charge in [0.1, 0.15) is 18.2 Å². The van der Waals surface area contributed by atoms with Crippen LogP contribution in [-0.4, -0.2) is 29.9 Å². The zero-order chi connectivity index (χ0) is 15.1. The Morgan fingerprint density at radius 1 is 1.19 bits per heavy atom. The van der Waals surface area contributed by atoms with Gasteiger partial charge in [0.05, 0.1) is 5.69 Å². The van der Waals surface area contributed by atoms with Crippen LogP contribution in [0.3, 0.4) is 0 Å². The summed E-state index contributed by atoms with van der Waals surface area (Å²) in [5.41, 5.74) is 1.04. The van der Waals surface area contributed by atoms with Crippen LogP contribution in [0.15, 0.2) is 35.2 Å². The average molecular weight is 304 g/mol. The summed E-state index contributed by atoms with van der Waals surface area (Å²) in [7, 11) is 1.84. The summed E-state index contributed by atoms with van der Waals surface area (Å²) in [5, 5.41) is 6.39. The topological polar surface area (TPSA) is 59.1 Å². The van der Waals surface area contributed by atoms with E-state index < -0.39 is 0 Å². The second-order valence-corrected chi connectivity index (χ2v) is 5.12. The Hall–Kier alpha value is -1.79. The van der Waals surface area contributed by atoms with E-state index in [1.54, 1.807) is 11.8 Å². The van der Waals surface area contributed by atoms with Gasteiger partial charge in [0.25, 0.3) is 0 Å². The van der Waals surface area contributed by atoms with E-state index in [0.717, 1.165) is 17.3 Å². The third-order valence-corrected chi connectivity index (χ3v) is 3.63. The van der Waals surface area contributed by atoms with Crippen LogP contribution in [0.2, 0.25) is 0 Å². The Bertz CT molecular complexity index is 592. The molecule has 0 spiro atoms. The summed E-state index contributed by atoms with van der Waals surface area (Å²) in [4.78, 5) is 10.0. The number of para-hydroxylation sites is 1. The smallest absolute Gasteiger partial charge is 0.158 e. The first-order valence-corrected chi connectivity index (χ1v) is 8.02. The molecule has 0 radical (unpaired) electrons. The molecule has 0 saturated heterocycles. The number of rotatable bonds is 7. The molecule has 1 aromatic heterocycles. The molecular weight excluding hydrogens is 284 g/mol. The van der Waals surface area contributed by atoms with Crippen LogP contribution >= 0.6 is 11.8 Å². The Labute approximate surface area is 129 Å². The van der Waals surface area contributed by atoms with Crippen molar-refractivity contribution in [2.45, 2.75) is 18.4 Å². The van der Waals surface area contributed by atoms with Gasteiger partial charge in [-0.2, -0.15) is 0 Å². The van der Waals surface area contributed by atoms with Crippen LogP contribution in [0.4, 0.5) is 17.3 Å². The van der Waals surface area contributed by atoms with Gasteiger partial charge in [-0.3, -0.25) is 0 Å². The minimum absolute atomic E-state index is 0.408. The van der Waals surface area contributed by atoms with Gasteiger partial charge in [-0.1, -0.05) is 12.1 Å². The molecule has 5 nitrogen and oxygen atoms in total. The molecule has 0 aliphatic heterocycles. The number of ether oxygens (including phenoxy) is 1. The third-order valence-electron chi connectivity index (χ3n) is 2.83. The van der Waals surface area contributed by atoms with Gasteiger partial charge in [-0.15, -0.1) is 11.8 Å². The van der Waals surface area contributed by atoms with Crippen molar-refractivity contribution in [3.8, 4) is 0 Å². The zero-order valence-corrected chi connectivity index (χ0v) is 13.3. The average Bonchev–Trinajstić information content (AvgIpc) is 2.53. The van der Waals surface area contributed by atoms with E-state index >= 15 is 0 Å². The highest BCUT2D eigenvalue weighted by Crippen LogP contribution is 2.27. The molecule has 0 fully saturated rings. The standard InChI is InChI=1S/C15H20N4OS/c1-4-20-10-15-18-13(16-2)9-14(19-15)17-11-7-5-6-8-12(11)21-3/h5-9H,4,10H2,1-3H3,(H2,16,17,18,19). The van der Waals surface area contributed by atoms with E-state index in [1.807, 2.05) is 38.2 Å². The lowest BCUT2D eigenvalue weighted by Crippen LogP contribution is -2.05. The first kappa shape index (κ1) is 15.6. The first-order valence-electron chi connectivity index (χ1n) is 6.80. The molecule has 0 amide bonds. The van der Waals surface area contributed by atoms with Crippen LogP contribution in [0.1, 0.15) is 12.7 Å². The zero-order valence-electron chi connectivity index (χ0n) is 12.5. The van der Waals surface area contributed by atoms with Crippen molar-refractivity contribution in [1.29, 1.82) is 0 Å². The van der Waals surface area contributed by atoms with E-state index in [-0.39, 0.29) is 0 Å². The van der Waals surface area contributed by atoms with Gasteiger partial charge in [0.2, 0.25) is 0 Å². The van der Waals surface area contributed by atoms with E-state index in [4.69, 9.17) is 4.74 Å². The quantitative estimate of drug-likeness (QED) is 0.763.